The number of hydrogen-bond acceptors (Lipinski definition) is 4. The summed E-state index contributed by atoms with van der Waals surface area (Å²) in [6.07, 6.45) is 5.78. The van der Waals surface area contributed by atoms with Gasteiger partial charge >= 0.3 is 5.97 Å². The second-order valence-electron chi connectivity index (χ2n) is 8.47. The van der Waals surface area contributed by atoms with Gasteiger partial charge in [-0.15, -0.1) is 0 Å². The molecule has 6 heteroatoms. The highest BCUT2D eigenvalue weighted by molar-refractivity contribution is 5.88. The largest absolute Gasteiger partial charge is 0.478 e. The lowest BCUT2D eigenvalue weighted by Crippen LogP contribution is -2.44. The Kier molecular flexibility index (Phi) is 5.77. The van der Waals surface area contributed by atoms with Crippen LogP contribution in [0.3, 0.4) is 0 Å². The van der Waals surface area contributed by atoms with Gasteiger partial charge in [0.2, 0.25) is 5.91 Å². The van der Waals surface area contributed by atoms with E-state index >= 15 is 0 Å². The van der Waals surface area contributed by atoms with E-state index in [0.717, 1.165) is 43.7 Å². The summed E-state index contributed by atoms with van der Waals surface area (Å²) in [6, 6.07) is 7.42. The van der Waals surface area contributed by atoms with Gasteiger partial charge in [0.05, 0.1) is 11.3 Å². The second kappa shape index (κ2) is 8.09. The van der Waals surface area contributed by atoms with Gasteiger partial charge in [-0.3, -0.25) is 14.8 Å². The number of aromatic carboxylic acids is 1. The highest BCUT2D eigenvalue weighted by Gasteiger charge is 2.30. The van der Waals surface area contributed by atoms with Gasteiger partial charge < -0.3 is 10.0 Å². The molecule has 1 amide bonds. The quantitative estimate of drug-likeness (QED) is 0.874. The SMILES string of the molecule is CC(C)(C)C(=O)N1CCC(Cc2cccc(-c3cncc(C(=O)O)c3)n2)CC1. The van der Waals surface area contributed by atoms with Crippen molar-refractivity contribution < 1.29 is 14.7 Å². The van der Waals surface area contributed by atoms with E-state index in [-0.39, 0.29) is 16.9 Å². The van der Waals surface area contributed by atoms with Crippen LogP contribution >= 0.6 is 0 Å². The van der Waals surface area contributed by atoms with Crippen molar-refractivity contribution in [3.05, 3.63) is 47.9 Å². The number of hydrogen-bond donors (Lipinski definition) is 1. The van der Waals surface area contributed by atoms with Crippen molar-refractivity contribution in [1.29, 1.82) is 0 Å². The number of rotatable bonds is 4. The first-order valence-electron chi connectivity index (χ1n) is 9.68. The lowest BCUT2D eigenvalue weighted by atomic mass is 9.89. The number of pyridine rings is 2. The Morgan fingerprint density at radius 2 is 1.89 bits per heavy atom. The second-order valence-corrected chi connectivity index (χ2v) is 8.47. The van der Waals surface area contributed by atoms with Gasteiger partial charge in [0.25, 0.3) is 0 Å². The molecular weight excluding hydrogens is 354 g/mol. The van der Waals surface area contributed by atoms with Crippen molar-refractivity contribution >= 4 is 11.9 Å². The first-order chi connectivity index (χ1) is 13.2. The van der Waals surface area contributed by atoms with Gasteiger partial charge in [0.1, 0.15) is 0 Å². The molecule has 0 spiro atoms. The Balaban J connectivity index is 1.65. The summed E-state index contributed by atoms with van der Waals surface area (Å²) >= 11 is 0. The Hall–Kier alpha value is -2.76. The number of nitrogens with zero attached hydrogens (tertiary/aromatic N) is 3. The van der Waals surface area contributed by atoms with E-state index in [4.69, 9.17) is 10.1 Å². The van der Waals surface area contributed by atoms with Crippen LogP contribution < -0.4 is 0 Å². The number of likely N-dealkylation sites (tertiary alicyclic amines) is 1. The Labute approximate surface area is 165 Å². The molecule has 1 fully saturated rings. The highest BCUT2D eigenvalue weighted by atomic mass is 16.4. The molecule has 2 aromatic heterocycles. The fourth-order valence-electron chi connectivity index (χ4n) is 3.56. The maximum Gasteiger partial charge on any atom is 0.337 e. The summed E-state index contributed by atoms with van der Waals surface area (Å²) in [4.78, 5) is 34.3. The lowest BCUT2D eigenvalue weighted by Gasteiger charge is -2.35. The third-order valence-electron chi connectivity index (χ3n) is 5.13. The molecule has 1 aliphatic heterocycles. The van der Waals surface area contributed by atoms with Crippen molar-refractivity contribution in [3.8, 4) is 11.3 Å². The minimum atomic E-state index is -0.998. The summed E-state index contributed by atoms with van der Waals surface area (Å²) in [5.74, 6) is -0.283. The van der Waals surface area contributed by atoms with Gasteiger partial charge in [-0.05, 0) is 43.4 Å². The topological polar surface area (TPSA) is 83.4 Å². The number of carbonyl (C=O) groups excluding carboxylic acids is 1. The number of carbonyl (C=O) groups is 2. The minimum absolute atomic E-state index is 0.153. The Morgan fingerprint density at radius 3 is 2.54 bits per heavy atom. The first kappa shape index (κ1) is 20.0. The van der Waals surface area contributed by atoms with Crippen LogP contribution in [0.25, 0.3) is 11.3 Å². The van der Waals surface area contributed by atoms with Gasteiger partial charge in [0, 0.05) is 42.2 Å². The van der Waals surface area contributed by atoms with E-state index in [9.17, 15) is 9.59 Å². The molecule has 1 saturated heterocycles. The Morgan fingerprint density at radius 1 is 1.18 bits per heavy atom. The molecule has 1 aliphatic rings. The zero-order valence-electron chi connectivity index (χ0n) is 16.7. The average Bonchev–Trinajstić information content (AvgIpc) is 2.67. The van der Waals surface area contributed by atoms with Crippen molar-refractivity contribution in [2.75, 3.05) is 13.1 Å². The molecule has 0 unspecified atom stereocenters. The van der Waals surface area contributed by atoms with E-state index in [2.05, 4.69) is 4.98 Å². The minimum Gasteiger partial charge on any atom is -0.478 e. The van der Waals surface area contributed by atoms with Crippen LogP contribution in [0.15, 0.2) is 36.7 Å². The zero-order valence-corrected chi connectivity index (χ0v) is 16.7. The molecule has 28 heavy (non-hydrogen) atoms. The van der Waals surface area contributed by atoms with E-state index in [1.807, 2.05) is 43.9 Å². The molecule has 0 atom stereocenters. The van der Waals surface area contributed by atoms with Gasteiger partial charge in [0.15, 0.2) is 0 Å². The van der Waals surface area contributed by atoms with Crippen LogP contribution in [0.1, 0.15) is 49.7 Å². The normalized spacial score (nSPS) is 15.5. The van der Waals surface area contributed by atoms with E-state index in [0.29, 0.717) is 11.5 Å². The van der Waals surface area contributed by atoms with Crippen molar-refractivity contribution in [3.63, 3.8) is 0 Å². The van der Waals surface area contributed by atoms with Crippen molar-refractivity contribution in [2.45, 2.75) is 40.0 Å². The third kappa shape index (κ3) is 4.74. The third-order valence-corrected chi connectivity index (χ3v) is 5.13. The number of carboxylic acids is 1. The van der Waals surface area contributed by atoms with E-state index in [1.54, 1.807) is 12.3 Å². The lowest BCUT2D eigenvalue weighted by molar-refractivity contribution is -0.140. The fourth-order valence-corrected chi connectivity index (χ4v) is 3.56. The number of amides is 1. The van der Waals surface area contributed by atoms with E-state index < -0.39 is 5.97 Å². The molecule has 148 valence electrons. The molecule has 0 radical (unpaired) electrons. The predicted octanol–water partition coefficient (Wildman–Crippen LogP) is 3.67. The molecule has 3 rings (SSSR count). The monoisotopic (exact) mass is 381 g/mol. The first-order valence-corrected chi connectivity index (χ1v) is 9.68. The molecule has 0 aromatic carbocycles. The van der Waals surface area contributed by atoms with Gasteiger partial charge in [-0.25, -0.2) is 4.79 Å². The maximum absolute atomic E-state index is 12.4. The molecule has 6 nitrogen and oxygen atoms in total. The highest BCUT2D eigenvalue weighted by Crippen LogP contribution is 2.26. The smallest absolute Gasteiger partial charge is 0.337 e. The molecular formula is C22H27N3O3. The number of piperidine rings is 1. The van der Waals surface area contributed by atoms with Crippen LogP contribution in [-0.2, 0) is 11.2 Å². The van der Waals surface area contributed by atoms with Crippen LogP contribution in [0.4, 0.5) is 0 Å². The zero-order chi connectivity index (χ0) is 20.3. The average molecular weight is 381 g/mol. The number of carboxylic acid groups (broad SMARTS) is 1. The van der Waals surface area contributed by atoms with Crippen LogP contribution in [0.5, 0.6) is 0 Å². The standard InChI is InChI=1S/C22H27N3O3/c1-22(2,3)21(28)25-9-7-15(8-10-25)11-18-5-4-6-19(24-18)16-12-17(20(26)27)14-23-13-16/h4-6,12-15H,7-11H2,1-3H3,(H,26,27). The summed E-state index contributed by atoms with van der Waals surface area (Å²) in [7, 11) is 0. The maximum atomic E-state index is 12.4. The Bertz CT molecular complexity index is 865. The van der Waals surface area contributed by atoms with Crippen molar-refractivity contribution in [2.24, 2.45) is 11.3 Å². The summed E-state index contributed by atoms with van der Waals surface area (Å²) in [6.45, 7) is 7.48. The molecule has 0 saturated carbocycles. The molecule has 1 N–H and O–H groups in total. The predicted molar refractivity (Wildman–Crippen MR) is 107 cm³/mol. The van der Waals surface area contributed by atoms with Gasteiger partial charge in [-0.1, -0.05) is 26.8 Å². The molecule has 3 heterocycles. The fraction of sp³-hybridized carbons (Fsp3) is 0.455. The van der Waals surface area contributed by atoms with E-state index in [1.165, 1.54) is 6.20 Å². The van der Waals surface area contributed by atoms with Gasteiger partial charge in [-0.2, -0.15) is 0 Å². The van der Waals surface area contributed by atoms with Crippen LogP contribution in [-0.4, -0.2) is 44.9 Å². The summed E-state index contributed by atoms with van der Waals surface area (Å²) < 4.78 is 0. The van der Waals surface area contributed by atoms with Crippen LogP contribution in [0, 0.1) is 11.3 Å². The summed E-state index contributed by atoms with van der Waals surface area (Å²) in [5, 5.41) is 9.15. The van der Waals surface area contributed by atoms with Crippen LogP contribution in [0.2, 0.25) is 0 Å². The number of aromatic nitrogens is 2. The molecule has 0 aliphatic carbocycles. The molecule has 2 aromatic rings. The van der Waals surface area contributed by atoms with Crippen molar-refractivity contribution in [1.82, 2.24) is 14.9 Å². The molecule has 0 bridgehead atoms. The summed E-state index contributed by atoms with van der Waals surface area (Å²) in [5.41, 5.74) is 2.24.